The van der Waals surface area contributed by atoms with E-state index in [1.54, 1.807) is 18.2 Å². The molecular weight excluding hydrogens is 478 g/mol. The van der Waals surface area contributed by atoms with Gasteiger partial charge in [0, 0.05) is 11.6 Å². The minimum atomic E-state index is -3.82. The Morgan fingerprint density at radius 2 is 1.94 bits per heavy atom. The van der Waals surface area contributed by atoms with Crippen LogP contribution < -0.4 is 14.9 Å². The number of nitrogens with one attached hydrogen (secondary N) is 1. The summed E-state index contributed by atoms with van der Waals surface area (Å²) in [6.45, 7) is 7.34. The molecule has 0 aromatic heterocycles. The number of amides is 1. The molecule has 1 N–H and O–H groups in total. The number of rotatable bonds is 10. The molecule has 1 aliphatic heterocycles. The molecule has 0 aliphatic carbocycles. The molecule has 3 rings (SSSR count). The van der Waals surface area contributed by atoms with Crippen molar-refractivity contribution in [2.75, 3.05) is 19.8 Å². The van der Waals surface area contributed by atoms with Gasteiger partial charge in [0.15, 0.2) is 11.5 Å². The Hall–Kier alpha value is -2.62. The van der Waals surface area contributed by atoms with Crippen LogP contribution >= 0.6 is 11.6 Å². The van der Waals surface area contributed by atoms with Crippen molar-refractivity contribution in [1.82, 2.24) is 9.73 Å². The van der Waals surface area contributed by atoms with E-state index in [0.29, 0.717) is 54.1 Å². The van der Waals surface area contributed by atoms with Crippen molar-refractivity contribution < 1.29 is 22.7 Å². The molecule has 184 valence electrons. The Labute approximate surface area is 205 Å². The van der Waals surface area contributed by atoms with Crippen molar-refractivity contribution >= 4 is 33.7 Å². The maximum absolute atomic E-state index is 13.0. The average molecular weight is 508 g/mol. The number of sulfonamides is 1. The fourth-order valence-corrected chi connectivity index (χ4v) is 5.31. The van der Waals surface area contributed by atoms with Gasteiger partial charge in [0.2, 0.25) is 10.0 Å². The number of hydrogen-bond donors (Lipinski definition) is 1. The summed E-state index contributed by atoms with van der Waals surface area (Å²) < 4.78 is 38.7. The summed E-state index contributed by atoms with van der Waals surface area (Å²) in [5, 5.41) is 4.47. The van der Waals surface area contributed by atoms with Gasteiger partial charge in [-0.1, -0.05) is 25.4 Å². The number of carbonyl (C=O) groups is 1. The SMILES string of the molecule is CCOc1cc(/C=N\NC(=O)[C@@H]2CCCN2S(=O)(=O)c2ccc(Cl)cc2)ccc1OCC(C)C. The average Bonchev–Trinajstić information content (AvgIpc) is 3.30. The third-order valence-electron chi connectivity index (χ3n) is 5.15. The molecule has 2 aromatic rings. The highest BCUT2D eigenvalue weighted by atomic mass is 35.5. The van der Waals surface area contributed by atoms with Crippen LogP contribution in [0.1, 0.15) is 39.2 Å². The molecule has 0 radical (unpaired) electrons. The van der Waals surface area contributed by atoms with Crippen molar-refractivity contribution in [3.8, 4) is 11.5 Å². The van der Waals surface area contributed by atoms with Crippen LogP contribution in [0, 0.1) is 5.92 Å². The summed E-state index contributed by atoms with van der Waals surface area (Å²) in [5.41, 5.74) is 3.18. The van der Waals surface area contributed by atoms with Crippen molar-refractivity contribution in [2.45, 2.75) is 44.6 Å². The summed E-state index contributed by atoms with van der Waals surface area (Å²) in [4.78, 5) is 12.9. The molecule has 2 aromatic carbocycles. The second kappa shape index (κ2) is 11.7. The lowest BCUT2D eigenvalue weighted by molar-refractivity contribution is -0.124. The predicted molar refractivity (Wildman–Crippen MR) is 132 cm³/mol. The summed E-state index contributed by atoms with van der Waals surface area (Å²) in [6, 6.07) is 10.5. The van der Waals surface area contributed by atoms with E-state index in [-0.39, 0.29) is 11.4 Å². The fourth-order valence-electron chi connectivity index (χ4n) is 3.53. The normalized spacial score (nSPS) is 16.8. The van der Waals surface area contributed by atoms with Gasteiger partial charge >= 0.3 is 0 Å². The van der Waals surface area contributed by atoms with E-state index in [9.17, 15) is 13.2 Å². The molecule has 34 heavy (non-hydrogen) atoms. The van der Waals surface area contributed by atoms with Crippen molar-refractivity contribution in [3.63, 3.8) is 0 Å². The molecule has 1 saturated heterocycles. The van der Waals surface area contributed by atoms with Gasteiger partial charge < -0.3 is 9.47 Å². The molecule has 0 bridgehead atoms. The van der Waals surface area contributed by atoms with Crippen LogP contribution in [0.15, 0.2) is 52.5 Å². The minimum absolute atomic E-state index is 0.100. The van der Waals surface area contributed by atoms with E-state index in [0.717, 1.165) is 0 Å². The van der Waals surface area contributed by atoms with Gasteiger partial charge in [0.25, 0.3) is 5.91 Å². The van der Waals surface area contributed by atoms with Crippen molar-refractivity contribution in [2.24, 2.45) is 11.0 Å². The molecule has 1 fully saturated rings. The minimum Gasteiger partial charge on any atom is -0.490 e. The number of hydrazone groups is 1. The zero-order chi connectivity index (χ0) is 24.7. The van der Waals surface area contributed by atoms with E-state index in [2.05, 4.69) is 24.4 Å². The Bertz CT molecular complexity index is 1120. The van der Waals surface area contributed by atoms with Crippen LogP contribution in [0.25, 0.3) is 0 Å². The van der Waals surface area contributed by atoms with Crippen LogP contribution in [0.5, 0.6) is 11.5 Å². The van der Waals surface area contributed by atoms with Crippen LogP contribution in [0.4, 0.5) is 0 Å². The monoisotopic (exact) mass is 507 g/mol. The van der Waals surface area contributed by atoms with Gasteiger partial charge in [0.05, 0.1) is 24.3 Å². The van der Waals surface area contributed by atoms with Gasteiger partial charge in [-0.2, -0.15) is 9.41 Å². The fraction of sp³-hybridized carbons (Fsp3) is 0.417. The molecule has 1 aliphatic rings. The highest BCUT2D eigenvalue weighted by Gasteiger charge is 2.39. The predicted octanol–water partition coefficient (Wildman–Crippen LogP) is 4.08. The Kier molecular flexibility index (Phi) is 8.93. The van der Waals surface area contributed by atoms with Gasteiger partial charge in [-0.05, 0) is 73.7 Å². The maximum Gasteiger partial charge on any atom is 0.258 e. The molecule has 1 heterocycles. The lowest BCUT2D eigenvalue weighted by Crippen LogP contribution is -2.44. The Balaban J connectivity index is 1.68. The van der Waals surface area contributed by atoms with E-state index in [1.165, 1.54) is 34.8 Å². The molecule has 0 saturated carbocycles. The van der Waals surface area contributed by atoms with Crippen LogP contribution in [-0.4, -0.2) is 50.6 Å². The first-order valence-electron chi connectivity index (χ1n) is 11.2. The number of nitrogens with zero attached hydrogens (tertiary/aromatic N) is 2. The first-order valence-corrected chi connectivity index (χ1v) is 13.0. The number of halogens is 1. The summed E-state index contributed by atoms with van der Waals surface area (Å²) >= 11 is 5.87. The second-order valence-electron chi connectivity index (χ2n) is 8.31. The first-order chi connectivity index (χ1) is 16.2. The van der Waals surface area contributed by atoms with Gasteiger partial charge in [-0.25, -0.2) is 13.8 Å². The van der Waals surface area contributed by atoms with Crippen LogP contribution in [0.3, 0.4) is 0 Å². The summed E-state index contributed by atoms with van der Waals surface area (Å²) in [5.74, 6) is 1.14. The largest absolute Gasteiger partial charge is 0.490 e. The van der Waals surface area contributed by atoms with E-state index >= 15 is 0 Å². The van der Waals surface area contributed by atoms with Gasteiger partial charge in [0.1, 0.15) is 6.04 Å². The van der Waals surface area contributed by atoms with E-state index < -0.39 is 22.0 Å². The van der Waals surface area contributed by atoms with Gasteiger partial charge in [-0.3, -0.25) is 4.79 Å². The molecular formula is C24H30ClN3O5S. The number of ether oxygens (including phenoxy) is 2. The summed E-state index contributed by atoms with van der Waals surface area (Å²) in [6.07, 6.45) is 2.49. The molecule has 1 atom stereocenters. The topological polar surface area (TPSA) is 97.3 Å². The smallest absolute Gasteiger partial charge is 0.258 e. The van der Waals surface area contributed by atoms with E-state index in [4.69, 9.17) is 21.1 Å². The van der Waals surface area contributed by atoms with Gasteiger partial charge in [-0.15, -0.1) is 0 Å². The molecule has 8 nitrogen and oxygen atoms in total. The number of hydrogen-bond acceptors (Lipinski definition) is 6. The third-order valence-corrected chi connectivity index (χ3v) is 7.33. The molecule has 0 spiro atoms. The second-order valence-corrected chi connectivity index (χ2v) is 10.6. The third kappa shape index (κ3) is 6.49. The molecule has 10 heteroatoms. The number of carbonyl (C=O) groups excluding carboxylic acids is 1. The highest BCUT2D eigenvalue weighted by Crippen LogP contribution is 2.29. The van der Waals surface area contributed by atoms with Crippen molar-refractivity contribution in [1.29, 1.82) is 0 Å². The molecule has 0 unspecified atom stereocenters. The standard InChI is InChI=1S/C24H30ClN3O5S/c1-4-32-23-14-18(7-12-22(23)33-16-17(2)3)15-26-27-24(29)21-6-5-13-28(21)34(30,31)20-10-8-19(25)9-11-20/h7-12,14-15,17,21H,4-6,13,16H2,1-3H3,(H,27,29)/b26-15-/t21-/m0/s1. The molecule has 1 amide bonds. The van der Waals surface area contributed by atoms with E-state index in [1.807, 2.05) is 6.92 Å². The van der Waals surface area contributed by atoms with Crippen LogP contribution in [-0.2, 0) is 14.8 Å². The lowest BCUT2D eigenvalue weighted by atomic mass is 10.2. The zero-order valence-corrected chi connectivity index (χ0v) is 21.1. The Morgan fingerprint density at radius 3 is 2.62 bits per heavy atom. The van der Waals surface area contributed by atoms with Crippen molar-refractivity contribution in [3.05, 3.63) is 53.1 Å². The zero-order valence-electron chi connectivity index (χ0n) is 19.5. The highest BCUT2D eigenvalue weighted by molar-refractivity contribution is 7.89. The maximum atomic E-state index is 13.0. The quantitative estimate of drug-likeness (QED) is 0.386. The summed E-state index contributed by atoms with van der Waals surface area (Å²) in [7, 11) is -3.82. The lowest BCUT2D eigenvalue weighted by Gasteiger charge is -2.22. The Morgan fingerprint density at radius 1 is 1.21 bits per heavy atom. The number of benzene rings is 2. The first kappa shape index (κ1) is 26.0. The van der Waals surface area contributed by atoms with Crippen LogP contribution in [0.2, 0.25) is 5.02 Å².